The van der Waals surface area contributed by atoms with E-state index in [-0.39, 0.29) is 0 Å². The minimum Gasteiger partial charge on any atom is -0.389 e. The van der Waals surface area contributed by atoms with Crippen molar-refractivity contribution in [1.29, 1.82) is 0 Å². The first kappa shape index (κ1) is 16.2. The van der Waals surface area contributed by atoms with Crippen molar-refractivity contribution in [1.82, 2.24) is 9.88 Å². The summed E-state index contributed by atoms with van der Waals surface area (Å²) in [6.07, 6.45) is 1.23. The Morgan fingerprint density at radius 2 is 2.24 bits per heavy atom. The Morgan fingerprint density at radius 3 is 2.81 bits per heavy atom. The topological polar surface area (TPSA) is 54.2 Å². The van der Waals surface area contributed by atoms with Gasteiger partial charge in [-0.2, -0.15) is 0 Å². The van der Waals surface area contributed by atoms with Gasteiger partial charge in [0, 0.05) is 24.8 Å². The number of hydrogen-bond donors (Lipinski definition) is 2. The van der Waals surface area contributed by atoms with Crippen LogP contribution in [0.5, 0.6) is 0 Å². The highest BCUT2D eigenvalue weighted by molar-refractivity contribution is 7.80. The van der Waals surface area contributed by atoms with Crippen molar-refractivity contribution < 1.29 is 0 Å². The zero-order valence-electron chi connectivity index (χ0n) is 13.4. The fourth-order valence-corrected chi connectivity index (χ4v) is 3.27. The predicted molar refractivity (Wildman–Crippen MR) is 92.9 cm³/mol. The number of nitrogens with two attached hydrogens (primary N) is 1. The van der Waals surface area contributed by atoms with Crippen molar-refractivity contribution >= 4 is 23.0 Å². The Bertz CT molecular complexity index is 527. The third kappa shape index (κ3) is 3.92. The van der Waals surface area contributed by atoms with Gasteiger partial charge in [-0.3, -0.25) is 0 Å². The summed E-state index contributed by atoms with van der Waals surface area (Å²) in [5, 5.41) is 3.47. The molecule has 0 radical (unpaired) electrons. The Morgan fingerprint density at radius 1 is 1.52 bits per heavy atom. The fraction of sp³-hybridized carbons (Fsp3) is 0.625. The van der Waals surface area contributed by atoms with Crippen LogP contribution in [0.25, 0.3) is 0 Å². The highest BCUT2D eigenvalue weighted by Crippen LogP contribution is 2.22. The van der Waals surface area contributed by atoms with Crippen LogP contribution in [0.4, 0.5) is 5.82 Å². The molecule has 0 saturated carbocycles. The zero-order chi connectivity index (χ0) is 15.6. The van der Waals surface area contributed by atoms with Gasteiger partial charge in [0.1, 0.15) is 10.8 Å². The molecule has 0 amide bonds. The van der Waals surface area contributed by atoms with Crippen LogP contribution in [0.1, 0.15) is 37.1 Å². The van der Waals surface area contributed by atoms with E-state index >= 15 is 0 Å². The lowest BCUT2D eigenvalue weighted by atomic mass is 10.1. The predicted octanol–water partition coefficient (Wildman–Crippen LogP) is 2.47. The maximum absolute atomic E-state index is 5.85. The molecule has 5 heteroatoms. The first-order chi connectivity index (χ1) is 9.88. The molecule has 1 atom stereocenters. The molecular formula is C16H26N4S. The molecule has 2 rings (SSSR count). The van der Waals surface area contributed by atoms with Crippen molar-refractivity contribution in [2.45, 2.75) is 40.2 Å². The number of anilines is 1. The lowest BCUT2D eigenvalue weighted by Gasteiger charge is -2.21. The van der Waals surface area contributed by atoms with Gasteiger partial charge >= 0.3 is 0 Å². The molecule has 2 heterocycles. The largest absolute Gasteiger partial charge is 0.389 e. The van der Waals surface area contributed by atoms with Crippen LogP contribution in [0.2, 0.25) is 0 Å². The average molecular weight is 306 g/mol. The van der Waals surface area contributed by atoms with Gasteiger partial charge in [-0.05, 0) is 58.2 Å². The summed E-state index contributed by atoms with van der Waals surface area (Å²) < 4.78 is 0. The van der Waals surface area contributed by atoms with Crippen molar-refractivity contribution in [2.24, 2.45) is 11.7 Å². The van der Waals surface area contributed by atoms with Crippen molar-refractivity contribution in [3.05, 3.63) is 22.9 Å². The van der Waals surface area contributed by atoms with Gasteiger partial charge in [0.25, 0.3) is 0 Å². The highest BCUT2D eigenvalue weighted by atomic mass is 32.1. The van der Waals surface area contributed by atoms with Crippen LogP contribution >= 0.6 is 12.2 Å². The molecule has 0 aromatic carbocycles. The Kier molecular flexibility index (Phi) is 5.17. The molecular weight excluding hydrogens is 280 g/mol. The van der Waals surface area contributed by atoms with Crippen LogP contribution in [0.15, 0.2) is 6.07 Å². The van der Waals surface area contributed by atoms with Crippen LogP contribution in [-0.4, -0.2) is 40.5 Å². The summed E-state index contributed by atoms with van der Waals surface area (Å²) in [6, 6.07) is 2.65. The SMILES string of the molecule is Cc1cc(C)c(C(N)=S)c(NCC2CCN(C(C)C)C2)n1. The number of nitrogens with one attached hydrogen (secondary N) is 1. The summed E-state index contributed by atoms with van der Waals surface area (Å²) in [4.78, 5) is 7.52. The maximum atomic E-state index is 5.85. The van der Waals surface area contributed by atoms with Gasteiger partial charge in [-0.1, -0.05) is 12.2 Å². The summed E-state index contributed by atoms with van der Waals surface area (Å²) in [5.41, 5.74) is 8.82. The molecule has 1 saturated heterocycles. The number of rotatable bonds is 5. The maximum Gasteiger partial charge on any atom is 0.136 e. The highest BCUT2D eigenvalue weighted by Gasteiger charge is 2.24. The van der Waals surface area contributed by atoms with E-state index < -0.39 is 0 Å². The van der Waals surface area contributed by atoms with E-state index in [2.05, 4.69) is 29.0 Å². The minimum absolute atomic E-state index is 0.415. The second-order valence-corrected chi connectivity index (χ2v) is 6.73. The van der Waals surface area contributed by atoms with Crippen molar-refractivity contribution in [3.8, 4) is 0 Å². The third-order valence-corrected chi connectivity index (χ3v) is 4.40. The van der Waals surface area contributed by atoms with Gasteiger partial charge < -0.3 is 16.0 Å². The summed E-state index contributed by atoms with van der Waals surface area (Å²) >= 11 is 5.17. The Hall–Kier alpha value is -1.20. The molecule has 1 unspecified atom stereocenters. The lowest BCUT2D eigenvalue weighted by Crippen LogP contribution is -2.29. The Balaban J connectivity index is 2.05. The number of thiocarbonyl (C=S) groups is 1. The van der Waals surface area contributed by atoms with E-state index in [0.29, 0.717) is 16.9 Å². The first-order valence-electron chi connectivity index (χ1n) is 7.64. The number of nitrogens with zero attached hydrogens (tertiary/aromatic N) is 2. The minimum atomic E-state index is 0.415. The molecule has 1 aromatic rings. The van der Waals surface area contributed by atoms with Gasteiger partial charge in [-0.15, -0.1) is 0 Å². The molecule has 21 heavy (non-hydrogen) atoms. The second-order valence-electron chi connectivity index (χ2n) is 6.29. The number of likely N-dealkylation sites (tertiary alicyclic amines) is 1. The first-order valence-corrected chi connectivity index (χ1v) is 8.05. The van der Waals surface area contributed by atoms with E-state index in [1.165, 1.54) is 13.0 Å². The number of aromatic nitrogens is 1. The van der Waals surface area contributed by atoms with Crippen LogP contribution < -0.4 is 11.1 Å². The van der Waals surface area contributed by atoms with Crippen LogP contribution in [0, 0.1) is 19.8 Å². The van der Waals surface area contributed by atoms with Crippen molar-refractivity contribution in [2.75, 3.05) is 25.0 Å². The lowest BCUT2D eigenvalue weighted by molar-refractivity contribution is 0.266. The summed E-state index contributed by atoms with van der Waals surface area (Å²) in [6.45, 7) is 11.8. The third-order valence-electron chi connectivity index (χ3n) is 4.20. The molecule has 4 nitrogen and oxygen atoms in total. The number of pyridine rings is 1. The molecule has 0 spiro atoms. The van der Waals surface area contributed by atoms with Crippen LogP contribution in [-0.2, 0) is 0 Å². The summed E-state index contributed by atoms with van der Waals surface area (Å²) in [5.74, 6) is 1.50. The molecule has 3 N–H and O–H groups in total. The molecule has 1 fully saturated rings. The summed E-state index contributed by atoms with van der Waals surface area (Å²) in [7, 11) is 0. The van der Waals surface area contributed by atoms with E-state index in [9.17, 15) is 0 Å². The molecule has 1 aliphatic rings. The normalized spacial score (nSPS) is 19.2. The molecule has 116 valence electrons. The molecule has 0 aliphatic carbocycles. The van der Waals surface area contributed by atoms with E-state index in [0.717, 1.165) is 35.7 Å². The molecule has 0 bridgehead atoms. The quantitative estimate of drug-likeness (QED) is 0.819. The van der Waals surface area contributed by atoms with E-state index in [1.54, 1.807) is 0 Å². The van der Waals surface area contributed by atoms with Gasteiger partial charge in [0.15, 0.2) is 0 Å². The fourth-order valence-electron chi connectivity index (χ4n) is 3.01. The monoisotopic (exact) mass is 306 g/mol. The molecule has 1 aliphatic heterocycles. The standard InChI is InChI=1S/C16H26N4S/c1-10(2)20-6-5-13(9-20)8-18-16-14(15(17)21)11(3)7-12(4)19-16/h7,10,13H,5-6,8-9H2,1-4H3,(H2,17,21)(H,18,19). The zero-order valence-corrected chi connectivity index (χ0v) is 14.3. The van der Waals surface area contributed by atoms with E-state index in [4.69, 9.17) is 18.0 Å². The van der Waals surface area contributed by atoms with Crippen LogP contribution in [0.3, 0.4) is 0 Å². The van der Waals surface area contributed by atoms with Crippen molar-refractivity contribution in [3.63, 3.8) is 0 Å². The number of aryl methyl sites for hydroxylation is 2. The van der Waals surface area contributed by atoms with E-state index in [1.807, 2.05) is 19.9 Å². The van der Waals surface area contributed by atoms with Gasteiger partial charge in [-0.25, -0.2) is 4.98 Å². The Labute approximate surface area is 133 Å². The number of hydrogen-bond acceptors (Lipinski definition) is 4. The van der Waals surface area contributed by atoms with Gasteiger partial charge in [0.2, 0.25) is 0 Å². The van der Waals surface area contributed by atoms with Gasteiger partial charge in [0.05, 0.1) is 5.56 Å². The molecule has 1 aromatic heterocycles. The smallest absolute Gasteiger partial charge is 0.136 e. The second kappa shape index (κ2) is 6.71. The average Bonchev–Trinajstić information content (AvgIpc) is 2.83.